The zero-order chi connectivity index (χ0) is 25.2. The Morgan fingerprint density at radius 3 is 2.40 bits per heavy atom. The first-order valence-corrected chi connectivity index (χ1v) is 13.3. The summed E-state index contributed by atoms with van der Waals surface area (Å²) in [5, 5.41) is 3.20. The molecule has 186 valence electrons. The summed E-state index contributed by atoms with van der Waals surface area (Å²) in [6.45, 7) is 4.80. The van der Waals surface area contributed by atoms with Gasteiger partial charge in [0.05, 0.1) is 23.3 Å². The predicted octanol–water partition coefficient (Wildman–Crippen LogP) is 3.33. The summed E-state index contributed by atoms with van der Waals surface area (Å²) in [6, 6.07) is 9.52. The largest absolute Gasteiger partial charge is 0.494 e. The number of benzene rings is 2. The molecule has 35 heavy (non-hydrogen) atoms. The first-order chi connectivity index (χ1) is 16.7. The molecular weight excluding hydrogens is 492 g/mol. The van der Waals surface area contributed by atoms with Crippen molar-refractivity contribution in [2.75, 3.05) is 45.2 Å². The number of carbonyl (C=O) groups is 2. The number of fused-ring (bicyclic) bond motifs is 1. The number of rotatable bonds is 6. The van der Waals surface area contributed by atoms with Crippen molar-refractivity contribution in [2.45, 2.75) is 18.7 Å². The molecule has 0 saturated carbocycles. The Labute approximate surface area is 207 Å². The maximum Gasteiger partial charge on any atom is 0.409 e. The van der Waals surface area contributed by atoms with Crippen LogP contribution in [-0.2, 0) is 14.8 Å². The van der Waals surface area contributed by atoms with Gasteiger partial charge >= 0.3 is 6.09 Å². The number of nitrogens with zero attached hydrogens (tertiary/aromatic N) is 3. The van der Waals surface area contributed by atoms with Crippen molar-refractivity contribution in [1.29, 1.82) is 0 Å². The lowest BCUT2D eigenvalue weighted by Crippen LogP contribution is -2.50. The van der Waals surface area contributed by atoms with Crippen LogP contribution in [0.2, 0.25) is 0 Å². The average Bonchev–Trinajstić information content (AvgIpc) is 3.29. The highest BCUT2D eigenvalue weighted by Gasteiger charge is 2.30. The lowest BCUT2D eigenvalue weighted by molar-refractivity contribution is 0.0933. The summed E-state index contributed by atoms with van der Waals surface area (Å²) in [5.74, 6) is 0.229. The number of aryl methyl sites for hydroxylation is 1. The van der Waals surface area contributed by atoms with Gasteiger partial charge in [-0.15, -0.1) is 0 Å². The molecule has 0 atom stereocenters. The van der Waals surface area contributed by atoms with Crippen molar-refractivity contribution >= 4 is 48.7 Å². The van der Waals surface area contributed by atoms with Crippen LogP contribution in [0.5, 0.6) is 5.75 Å². The van der Waals surface area contributed by atoms with Crippen LogP contribution in [0, 0.1) is 6.92 Å². The number of thiazole rings is 1. The van der Waals surface area contributed by atoms with E-state index < -0.39 is 22.0 Å². The van der Waals surface area contributed by atoms with E-state index in [0.29, 0.717) is 22.0 Å². The van der Waals surface area contributed by atoms with Crippen molar-refractivity contribution in [1.82, 2.24) is 14.2 Å². The van der Waals surface area contributed by atoms with E-state index in [9.17, 15) is 18.0 Å². The van der Waals surface area contributed by atoms with Crippen molar-refractivity contribution in [3.05, 3.63) is 47.5 Å². The number of aromatic nitrogens is 1. The molecule has 1 aromatic heterocycles. The second-order valence-corrected chi connectivity index (χ2v) is 10.8. The summed E-state index contributed by atoms with van der Waals surface area (Å²) >= 11 is 1.35. The molecule has 12 heteroatoms. The SMILES string of the molecule is CCOC(=O)N1CCN(S(=O)(=O)c2ccc(C(=O)Nc3nc4c(OC)ccc(C)c4s3)cc2)CC1. The van der Waals surface area contributed by atoms with Gasteiger partial charge in [0.1, 0.15) is 11.3 Å². The third kappa shape index (κ3) is 5.09. The smallest absolute Gasteiger partial charge is 0.409 e. The van der Waals surface area contributed by atoms with E-state index >= 15 is 0 Å². The van der Waals surface area contributed by atoms with Gasteiger partial charge < -0.3 is 14.4 Å². The third-order valence-electron chi connectivity index (χ3n) is 5.66. The van der Waals surface area contributed by atoms with Crippen molar-refractivity contribution in [3.8, 4) is 5.75 Å². The Morgan fingerprint density at radius 1 is 1.09 bits per heavy atom. The summed E-state index contributed by atoms with van der Waals surface area (Å²) in [4.78, 5) is 30.7. The number of anilines is 1. The molecule has 0 aliphatic carbocycles. The maximum absolute atomic E-state index is 13.0. The van der Waals surface area contributed by atoms with Crippen LogP contribution < -0.4 is 10.1 Å². The van der Waals surface area contributed by atoms with Gasteiger partial charge in [-0.25, -0.2) is 18.2 Å². The molecule has 3 aromatic rings. The number of nitrogens with one attached hydrogen (secondary N) is 1. The molecule has 0 spiro atoms. The fraction of sp³-hybridized carbons (Fsp3) is 0.348. The Balaban J connectivity index is 1.44. The Bertz CT molecular complexity index is 1350. The number of ether oxygens (including phenoxy) is 2. The van der Waals surface area contributed by atoms with E-state index in [1.54, 1.807) is 14.0 Å². The van der Waals surface area contributed by atoms with Crippen molar-refractivity contribution < 1.29 is 27.5 Å². The number of hydrogen-bond donors (Lipinski definition) is 1. The van der Waals surface area contributed by atoms with Gasteiger partial charge in [-0.1, -0.05) is 17.4 Å². The van der Waals surface area contributed by atoms with Crippen molar-refractivity contribution in [2.24, 2.45) is 0 Å². The minimum Gasteiger partial charge on any atom is -0.494 e. The summed E-state index contributed by atoms with van der Waals surface area (Å²) < 4.78 is 38.6. The quantitative estimate of drug-likeness (QED) is 0.532. The second kappa shape index (κ2) is 10.2. The number of hydrogen-bond acceptors (Lipinski definition) is 8. The van der Waals surface area contributed by atoms with Crippen LogP contribution in [0.3, 0.4) is 0 Å². The molecule has 1 aliphatic rings. The van der Waals surface area contributed by atoms with E-state index in [2.05, 4.69) is 10.3 Å². The molecule has 4 rings (SSSR count). The fourth-order valence-electron chi connectivity index (χ4n) is 3.75. The number of sulfonamides is 1. The van der Waals surface area contributed by atoms with Gasteiger partial charge in [-0.3, -0.25) is 10.1 Å². The Morgan fingerprint density at radius 2 is 1.77 bits per heavy atom. The zero-order valence-electron chi connectivity index (χ0n) is 19.6. The zero-order valence-corrected chi connectivity index (χ0v) is 21.2. The molecule has 2 amide bonds. The summed E-state index contributed by atoms with van der Waals surface area (Å²) in [7, 11) is -2.19. The average molecular weight is 519 g/mol. The number of carbonyl (C=O) groups excluding carboxylic acids is 2. The van der Waals surface area contributed by atoms with Crippen LogP contribution in [0.1, 0.15) is 22.8 Å². The van der Waals surface area contributed by atoms with Crippen LogP contribution in [0.4, 0.5) is 9.93 Å². The van der Waals surface area contributed by atoms with Gasteiger partial charge in [-0.2, -0.15) is 4.31 Å². The molecule has 0 radical (unpaired) electrons. The molecule has 1 aliphatic heterocycles. The fourth-order valence-corrected chi connectivity index (χ4v) is 6.12. The minimum atomic E-state index is -3.76. The first-order valence-electron chi connectivity index (χ1n) is 11.0. The first kappa shape index (κ1) is 24.9. The van der Waals surface area contributed by atoms with E-state index in [0.717, 1.165) is 10.3 Å². The number of piperazine rings is 1. The molecule has 2 aromatic carbocycles. The van der Waals surface area contributed by atoms with Gasteiger partial charge in [0.25, 0.3) is 5.91 Å². The van der Waals surface area contributed by atoms with Gasteiger partial charge in [0, 0.05) is 31.7 Å². The van der Waals surface area contributed by atoms with E-state index in [1.807, 2.05) is 19.1 Å². The molecule has 2 heterocycles. The molecule has 1 N–H and O–H groups in total. The standard InChI is InChI=1S/C23H26N4O6S2/c1-4-33-23(29)26-11-13-27(14-12-26)35(30,31)17-8-6-16(7-9-17)21(28)25-22-24-19-18(32-3)10-5-15(2)20(19)34-22/h5-10H,4,11-14H2,1-3H3,(H,24,25,28). The Kier molecular flexibility index (Phi) is 7.24. The lowest BCUT2D eigenvalue weighted by Gasteiger charge is -2.33. The van der Waals surface area contributed by atoms with Crippen LogP contribution in [0.15, 0.2) is 41.3 Å². The maximum atomic E-state index is 13.0. The lowest BCUT2D eigenvalue weighted by atomic mass is 10.2. The highest BCUT2D eigenvalue weighted by molar-refractivity contribution is 7.89. The third-order valence-corrected chi connectivity index (χ3v) is 8.68. The van der Waals surface area contributed by atoms with Crippen molar-refractivity contribution in [3.63, 3.8) is 0 Å². The van der Waals surface area contributed by atoms with Gasteiger partial charge in [0.15, 0.2) is 5.13 Å². The van der Waals surface area contributed by atoms with E-state index in [1.165, 1.54) is 44.8 Å². The van der Waals surface area contributed by atoms with Gasteiger partial charge in [-0.05, 0) is 49.7 Å². The predicted molar refractivity (Wildman–Crippen MR) is 133 cm³/mol. The highest BCUT2D eigenvalue weighted by Crippen LogP contribution is 2.34. The van der Waals surface area contributed by atoms with Crippen LogP contribution >= 0.6 is 11.3 Å². The molecule has 10 nitrogen and oxygen atoms in total. The second-order valence-electron chi connectivity index (χ2n) is 7.85. The number of methoxy groups -OCH3 is 1. The molecule has 0 unspecified atom stereocenters. The van der Waals surface area contributed by atoms with E-state index in [4.69, 9.17) is 9.47 Å². The molecule has 1 saturated heterocycles. The van der Waals surface area contributed by atoms with Crippen LogP contribution in [-0.4, -0.2) is 74.5 Å². The topological polar surface area (TPSA) is 118 Å². The summed E-state index contributed by atoms with van der Waals surface area (Å²) in [6.07, 6.45) is -0.443. The van der Waals surface area contributed by atoms with E-state index in [-0.39, 0.29) is 37.7 Å². The molecule has 0 bridgehead atoms. The normalized spacial score (nSPS) is 14.7. The highest BCUT2D eigenvalue weighted by atomic mass is 32.2. The Hall–Kier alpha value is -3.22. The molecular formula is C23H26N4O6S2. The monoisotopic (exact) mass is 518 g/mol. The van der Waals surface area contributed by atoms with Gasteiger partial charge in [0.2, 0.25) is 10.0 Å². The number of amides is 2. The minimum absolute atomic E-state index is 0.0824. The molecule has 1 fully saturated rings. The van der Waals surface area contributed by atoms with Crippen LogP contribution in [0.25, 0.3) is 10.2 Å². The summed E-state index contributed by atoms with van der Waals surface area (Å²) in [5.41, 5.74) is 2.01.